The monoisotopic (exact) mass is 1920 g/mol. The van der Waals surface area contributed by atoms with Crippen molar-refractivity contribution < 1.29 is 81.5 Å². The molecule has 0 heterocycles. The third kappa shape index (κ3) is 96.7. The van der Waals surface area contributed by atoms with Crippen molar-refractivity contribution in [3.8, 4) is 0 Å². The molecule has 34 heteroatoms. The van der Waals surface area contributed by atoms with Crippen LogP contribution in [0.25, 0.3) is 0 Å². The molecule has 784 valence electrons. The molecular formula is C102H189N17O17. The van der Waals surface area contributed by atoms with Crippen molar-refractivity contribution in [2.75, 3.05) is 111 Å². The fraction of sp³-hybridized carbons (Fsp3) is 0.833. The fourth-order valence-electron chi connectivity index (χ4n) is 14.8. The Labute approximate surface area is 817 Å². The van der Waals surface area contributed by atoms with Crippen LogP contribution < -0.4 is 90.4 Å². The zero-order valence-corrected chi connectivity index (χ0v) is 84.6. The molecule has 0 saturated carbocycles. The van der Waals surface area contributed by atoms with Gasteiger partial charge >= 0.3 is 0 Å². The standard InChI is InChI=1S/C102H189N17O17/c1-3-69-103-87(121)53-21-6-38-71-105-89(123)55-23-8-40-73-107-91(125)57-25-10-42-75-109-93(127)59-27-12-44-77-111-95(129)61-29-14-46-79-113-97(131)63-31-16-48-81-115-99(133)65-33-18-50-83-117-101(135)67-35-20-52-85-119-102(136)68-36-19-51-84-118-100(134)66-34-17-49-82-116-98(132)64-32-15-47-80-114-96(130)62-30-13-45-78-112-94(128)60-28-11-43-76-110-92(126)58-26-9-41-74-108-90(124)56-24-7-39-72-106-88(122)54-22-5-37-70-104-86(120)4-2/h3-85H2,1-2H3,(H,103,121)(H,104,120)(H,105,123)(H,106,122)(H,107,125)(H,108,124)(H,109,127)(H,110,126)(H,111,129)(H,112,128)(H,113,131)(H,114,130)(H,115,133)(H,116,132)(H,117,135)(H,118,134)(H,119,136). The van der Waals surface area contributed by atoms with E-state index in [9.17, 15) is 81.5 Å². The molecule has 0 aliphatic heterocycles. The quantitative estimate of drug-likeness (QED) is 0.0252. The zero-order chi connectivity index (χ0) is 99.5. The van der Waals surface area contributed by atoms with Gasteiger partial charge < -0.3 is 90.4 Å². The molecule has 0 saturated heterocycles. The van der Waals surface area contributed by atoms with E-state index < -0.39 is 0 Å². The van der Waals surface area contributed by atoms with Gasteiger partial charge in [0, 0.05) is 220 Å². The van der Waals surface area contributed by atoms with E-state index in [-0.39, 0.29) is 100 Å². The average molecular weight is 1930 g/mol. The van der Waals surface area contributed by atoms with Crippen molar-refractivity contribution in [3.05, 3.63) is 0 Å². The normalized spacial score (nSPS) is 10.9. The van der Waals surface area contributed by atoms with Crippen molar-refractivity contribution in [3.63, 3.8) is 0 Å². The van der Waals surface area contributed by atoms with Gasteiger partial charge in [0.25, 0.3) is 0 Å². The van der Waals surface area contributed by atoms with E-state index in [0.717, 1.165) is 315 Å². The summed E-state index contributed by atoms with van der Waals surface area (Å²) in [7, 11) is 0. The van der Waals surface area contributed by atoms with Gasteiger partial charge in [0.2, 0.25) is 100 Å². The van der Waals surface area contributed by atoms with Gasteiger partial charge in [-0.15, -0.1) is 0 Å². The van der Waals surface area contributed by atoms with Crippen LogP contribution in [0.4, 0.5) is 0 Å². The van der Waals surface area contributed by atoms with E-state index in [4.69, 9.17) is 0 Å². The Kier molecular flexibility index (Phi) is 91.2. The molecule has 17 N–H and O–H groups in total. The highest BCUT2D eigenvalue weighted by molar-refractivity contribution is 5.81. The first-order chi connectivity index (χ1) is 66.1. The second-order valence-corrected chi connectivity index (χ2v) is 36.3. The van der Waals surface area contributed by atoms with E-state index in [2.05, 4.69) is 90.4 Å². The summed E-state index contributed by atoms with van der Waals surface area (Å²) in [6.07, 6.45) is 47.3. The number of amides is 17. The minimum absolute atomic E-state index is 0.00578. The lowest BCUT2D eigenvalue weighted by molar-refractivity contribution is -0.122. The number of carbonyl (C=O) groups excluding carboxylic acids is 17. The van der Waals surface area contributed by atoms with Crippen molar-refractivity contribution in [2.24, 2.45) is 0 Å². The molecule has 0 unspecified atom stereocenters. The maximum Gasteiger partial charge on any atom is 0.219 e. The summed E-state index contributed by atoms with van der Waals surface area (Å²) in [5.41, 5.74) is 0. The first-order valence-electron chi connectivity index (χ1n) is 53.7. The highest BCUT2D eigenvalue weighted by atomic mass is 16.2. The zero-order valence-electron chi connectivity index (χ0n) is 84.6. The van der Waals surface area contributed by atoms with Crippen molar-refractivity contribution in [2.45, 2.75) is 438 Å². The molecule has 0 atom stereocenters. The molecule has 0 aromatic rings. The second-order valence-electron chi connectivity index (χ2n) is 36.3. The van der Waals surface area contributed by atoms with Gasteiger partial charge in [0.15, 0.2) is 0 Å². The number of carbonyl (C=O) groups is 17. The highest BCUT2D eigenvalue weighted by Crippen LogP contribution is 2.12. The van der Waals surface area contributed by atoms with Crippen LogP contribution in [0.1, 0.15) is 438 Å². The molecule has 136 heavy (non-hydrogen) atoms. The number of hydrogen-bond donors (Lipinski definition) is 17. The van der Waals surface area contributed by atoms with Gasteiger partial charge in [-0.2, -0.15) is 0 Å². The summed E-state index contributed by atoms with van der Waals surface area (Å²) in [6, 6.07) is 0. The molecule has 17 amide bonds. The molecule has 0 rings (SSSR count). The average Bonchev–Trinajstić information content (AvgIpc) is 1.03. The predicted molar refractivity (Wildman–Crippen MR) is 537 cm³/mol. The van der Waals surface area contributed by atoms with Gasteiger partial charge in [-0.3, -0.25) is 81.5 Å². The van der Waals surface area contributed by atoms with Crippen LogP contribution in [-0.4, -0.2) is 212 Å². The molecule has 0 aromatic heterocycles. The van der Waals surface area contributed by atoms with Crippen LogP contribution >= 0.6 is 0 Å². The van der Waals surface area contributed by atoms with Crippen LogP contribution in [0.3, 0.4) is 0 Å². The van der Waals surface area contributed by atoms with Gasteiger partial charge in [-0.05, 0) is 212 Å². The minimum atomic E-state index is 0.00578. The number of rotatable bonds is 99. The molecule has 34 nitrogen and oxygen atoms in total. The SMILES string of the molecule is CCCNC(=O)CCCCCNC(=O)CCCCCNC(=O)CCCCCNC(=O)CCCCCNC(=O)CCCCCNC(=O)CCCCCNC(=O)CCCCCNC(=O)CCCCCNC(=O)CCCCCNC(=O)CCCCCNC(=O)CCCCCNC(=O)CCCCCNC(=O)CCCCCNC(=O)CCCCCNC(=O)CCCCCNC(=O)CCCCCNC(=O)CC. The Hall–Kier alpha value is -9.01. The Morgan fingerprint density at radius 2 is 0.184 bits per heavy atom. The Morgan fingerprint density at radius 3 is 0.265 bits per heavy atom. The third-order valence-corrected chi connectivity index (χ3v) is 23.3. The summed E-state index contributed by atoms with van der Waals surface area (Å²) in [6.45, 7) is 13.9. The summed E-state index contributed by atoms with van der Waals surface area (Å²) in [5.74, 6) is 0.384. The molecular weight excluding hydrogens is 1740 g/mol. The summed E-state index contributed by atoms with van der Waals surface area (Å²) in [4.78, 5) is 207. The van der Waals surface area contributed by atoms with E-state index in [1.807, 2.05) is 13.8 Å². The minimum Gasteiger partial charge on any atom is -0.356 e. The Balaban J connectivity index is 3.54. The molecule has 0 aliphatic rings. The number of nitrogens with one attached hydrogen (secondary N) is 17. The molecule has 0 radical (unpaired) electrons. The maximum atomic E-state index is 12.3. The van der Waals surface area contributed by atoms with E-state index in [1.54, 1.807) is 0 Å². The van der Waals surface area contributed by atoms with Gasteiger partial charge in [0.1, 0.15) is 0 Å². The lowest BCUT2D eigenvalue weighted by atomic mass is 10.1. The topological polar surface area (TPSA) is 495 Å². The predicted octanol–water partition coefficient (Wildman–Crippen LogP) is 11.7. The highest BCUT2D eigenvalue weighted by Gasteiger charge is 2.14. The Morgan fingerprint density at radius 1 is 0.103 bits per heavy atom. The first-order valence-corrected chi connectivity index (χ1v) is 53.7. The summed E-state index contributed by atoms with van der Waals surface area (Å²) < 4.78 is 0. The molecule has 0 bridgehead atoms. The lowest BCUT2D eigenvalue weighted by Gasteiger charge is -2.08. The Bertz CT molecular complexity index is 3000. The van der Waals surface area contributed by atoms with Crippen molar-refractivity contribution in [1.29, 1.82) is 0 Å². The van der Waals surface area contributed by atoms with Gasteiger partial charge in [0.05, 0.1) is 0 Å². The smallest absolute Gasteiger partial charge is 0.219 e. The first kappa shape index (κ1) is 127. The summed E-state index contributed by atoms with van der Waals surface area (Å²) in [5, 5.41) is 50.0. The third-order valence-electron chi connectivity index (χ3n) is 23.3. The van der Waals surface area contributed by atoms with E-state index in [0.29, 0.717) is 220 Å². The molecule has 0 aliphatic carbocycles. The molecule has 0 spiro atoms. The van der Waals surface area contributed by atoms with Crippen LogP contribution in [0.5, 0.6) is 0 Å². The van der Waals surface area contributed by atoms with Crippen LogP contribution in [0, 0.1) is 0 Å². The lowest BCUT2D eigenvalue weighted by Crippen LogP contribution is -2.26. The van der Waals surface area contributed by atoms with Gasteiger partial charge in [-0.1, -0.05) is 117 Å². The van der Waals surface area contributed by atoms with Crippen molar-refractivity contribution >= 4 is 100 Å². The number of hydrogen-bond acceptors (Lipinski definition) is 17. The number of unbranched alkanes of at least 4 members (excludes halogenated alkanes) is 32. The van der Waals surface area contributed by atoms with Gasteiger partial charge in [-0.25, -0.2) is 0 Å². The maximum absolute atomic E-state index is 12.3. The van der Waals surface area contributed by atoms with E-state index >= 15 is 0 Å². The largest absolute Gasteiger partial charge is 0.356 e. The van der Waals surface area contributed by atoms with Crippen LogP contribution in [-0.2, 0) is 81.5 Å². The van der Waals surface area contributed by atoms with Crippen LogP contribution in [0.15, 0.2) is 0 Å². The molecule has 0 fully saturated rings. The van der Waals surface area contributed by atoms with Crippen molar-refractivity contribution in [1.82, 2.24) is 90.4 Å². The molecule has 0 aromatic carbocycles. The fourth-order valence-corrected chi connectivity index (χ4v) is 14.8. The van der Waals surface area contributed by atoms with E-state index in [1.165, 1.54) is 0 Å². The summed E-state index contributed by atoms with van der Waals surface area (Å²) >= 11 is 0. The van der Waals surface area contributed by atoms with Crippen LogP contribution in [0.2, 0.25) is 0 Å². The second kappa shape index (κ2) is 97.6.